The van der Waals surface area contributed by atoms with Gasteiger partial charge in [-0.15, -0.1) is 0 Å². The molecule has 2 aromatic rings. The van der Waals surface area contributed by atoms with Crippen molar-refractivity contribution in [1.82, 2.24) is 15.5 Å². The Bertz CT molecular complexity index is 591. The zero-order chi connectivity index (χ0) is 14.0. The van der Waals surface area contributed by atoms with E-state index in [1.807, 2.05) is 31.2 Å². The van der Waals surface area contributed by atoms with Crippen LogP contribution in [0.25, 0.3) is 0 Å². The van der Waals surface area contributed by atoms with Crippen molar-refractivity contribution in [3.63, 3.8) is 0 Å². The summed E-state index contributed by atoms with van der Waals surface area (Å²) in [5.41, 5.74) is 0.00307. The average Bonchev–Trinajstić information content (AvgIpc) is 3.08. The number of aryl methyl sites for hydroxylation is 1. The largest absolute Gasteiger partial charge is 0.485 e. The van der Waals surface area contributed by atoms with Gasteiger partial charge >= 0.3 is 0 Å². The first-order chi connectivity index (χ1) is 9.67. The maximum atomic E-state index is 10.3. The third-order valence-electron chi connectivity index (χ3n) is 3.45. The van der Waals surface area contributed by atoms with Gasteiger partial charge in [-0.05, 0) is 31.5 Å². The third kappa shape index (κ3) is 2.52. The van der Waals surface area contributed by atoms with E-state index < -0.39 is 5.60 Å². The van der Waals surface area contributed by atoms with Gasteiger partial charge in [-0.1, -0.05) is 23.4 Å². The molecule has 0 aliphatic carbocycles. The fourth-order valence-electron chi connectivity index (χ4n) is 2.22. The Balaban J connectivity index is 1.67. The molecular formula is C14H17N3O3. The van der Waals surface area contributed by atoms with Crippen LogP contribution in [0, 0.1) is 6.92 Å². The molecule has 6 heteroatoms. The number of rotatable bonds is 4. The summed E-state index contributed by atoms with van der Waals surface area (Å²) in [6.07, 6.45) is 0.577. The van der Waals surface area contributed by atoms with Gasteiger partial charge in [-0.3, -0.25) is 0 Å². The van der Waals surface area contributed by atoms with Crippen LogP contribution in [0.5, 0.6) is 5.75 Å². The quantitative estimate of drug-likeness (QED) is 0.871. The lowest BCUT2D eigenvalue weighted by Crippen LogP contribution is -2.28. The topological polar surface area (TPSA) is 80.4 Å². The van der Waals surface area contributed by atoms with Gasteiger partial charge < -0.3 is 19.7 Å². The predicted molar refractivity (Wildman–Crippen MR) is 71.2 cm³/mol. The molecule has 0 bridgehead atoms. The molecule has 2 heterocycles. The Hall–Kier alpha value is -1.92. The second-order valence-electron chi connectivity index (χ2n) is 5.03. The van der Waals surface area contributed by atoms with Crippen molar-refractivity contribution in [1.29, 1.82) is 0 Å². The Labute approximate surface area is 116 Å². The lowest BCUT2D eigenvalue weighted by Gasteiger charge is -2.14. The predicted octanol–water partition coefficient (Wildman–Crippen LogP) is 1.14. The summed E-state index contributed by atoms with van der Waals surface area (Å²) in [4.78, 5) is 4.22. The number of nitrogens with zero attached hydrogens (tertiary/aromatic N) is 2. The molecule has 1 aromatic heterocycles. The minimum Gasteiger partial charge on any atom is -0.485 e. The first-order valence-corrected chi connectivity index (χ1v) is 6.62. The standard InChI is InChI=1S/C14H17N3O3/c1-10-4-2-3-5-11(10)19-8-12-16-13(20-17-12)14(18)6-7-15-9-14/h2-5,15,18H,6-9H2,1H3. The molecule has 1 unspecified atom stereocenters. The Morgan fingerprint density at radius 3 is 3.05 bits per heavy atom. The molecule has 6 nitrogen and oxygen atoms in total. The van der Waals surface area contributed by atoms with E-state index in [1.165, 1.54) is 0 Å². The zero-order valence-electron chi connectivity index (χ0n) is 11.3. The summed E-state index contributed by atoms with van der Waals surface area (Å²) >= 11 is 0. The molecule has 3 rings (SSSR count). The molecule has 1 aromatic carbocycles. The van der Waals surface area contributed by atoms with Crippen LogP contribution in [0.15, 0.2) is 28.8 Å². The molecule has 2 N–H and O–H groups in total. The number of hydrogen-bond donors (Lipinski definition) is 2. The number of ether oxygens (including phenoxy) is 1. The maximum absolute atomic E-state index is 10.3. The highest BCUT2D eigenvalue weighted by molar-refractivity contribution is 5.31. The molecule has 1 saturated heterocycles. The number of para-hydroxylation sites is 1. The number of aliphatic hydroxyl groups is 1. The highest BCUT2D eigenvalue weighted by Crippen LogP contribution is 2.26. The van der Waals surface area contributed by atoms with Crippen molar-refractivity contribution in [3.05, 3.63) is 41.5 Å². The smallest absolute Gasteiger partial charge is 0.260 e. The van der Waals surface area contributed by atoms with Gasteiger partial charge in [0, 0.05) is 6.54 Å². The van der Waals surface area contributed by atoms with Crippen molar-refractivity contribution in [2.45, 2.75) is 25.6 Å². The van der Waals surface area contributed by atoms with Crippen LogP contribution in [0.2, 0.25) is 0 Å². The number of nitrogens with one attached hydrogen (secondary N) is 1. The molecule has 0 amide bonds. The maximum Gasteiger partial charge on any atom is 0.260 e. The van der Waals surface area contributed by atoms with E-state index >= 15 is 0 Å². The summed E-state index contributed by atoms with van der Waals surface area (Å²) in [6, 6.07) is 7.74. The number of aromatic nitrogens is 2. The van der Waals surface area contributed by atoms with Crippen LogP contribution in [-0.2, 0) is 12.2 Å². The SMILES string of the molecule is Cc1ccccc1OCc1noc(C2(O)CCNC2)n1. The van der Waals surface area contributed by atoms with Crippen molar-refractivity contribution in [2.24, 2.45) is 0 Å². The summed E-state index contributed by atoms with van der Waals surface area (Å²) in [5.74, 6) is 1.48. The Morgan fingerprint density at radius 1 is 1.45 bits per heavy atom. The molecule has 1 atom stereocenters. The summed E-state index contributed by atoms with van der Waals surface area (Å²) in [6.45, 7) is 3.38. The zero-order valence-corrected chi connectivity index (χ0v) is 11.3. The van der Waals surface area contributed by atoms with Crippen LogP contribution in [0.4, 0.5) is 0 Å². The summed E-state index contributed by atoms with van der Waals surface area (Å²) in [7, 11) is 0. The molecule has 1 fully saturated rings. The van der Waals surface area contributed by atoms with E-state index in [1.54, 1.807) is 0 Å². The normalized spacial score (nSPS) is 22.1. The molecule has 0 saturated carbocycles. The average molecular weight is 275 g/mol. The van der Waals surface area contributed by atoms with Gasteiger partial charge in [0.2, 0.25) is 5.82 Å². The molecule has 0 radical (unpaired) electrons. The van der Waals surface area contributed by atoms with E-state index in [-0.39, 0.29) is 12.5 Å². The molecule has 0 spiro atoms. The Kier molecular flexibility index (Phi) is 3.42. The monoisotopic (exact) mass is 275 g/mol. The second kappa shape index (κ2) is 5.22. The van der Waals surface area contributed by atoms with Gasteiger partial charge in [-0.25, -0.2) is 0 Å². The van der Waals surface area contributed by atoms with E-state index in [2.05, 4.69) is 15.5 Å². The van der Waals surface area contributed by atoms with Crippen molar-refractivity contribution < 1.29 is 14.4 Å². The first-order valence-electron chi connectivity index (χ1n) is 6.62. The lowest BCUT2D eigenvalue weighted by atomic mass is 10.0. The van der Waals surface area contributed by atoms with Gasteiger partial charge in [0.25, 0.3) is 5.89 Å². The van der Waals surface area contributed by atoms with Crippen molar-refractivity contribution in [3.8, 4) is 5.75 Å². The molecular weight excluding hydrogens is 258 g/mol. The first kappa shape index (κ1) is 13.1. The van der Waals surface area contributed by atoms with Crippen molar-refractivity contribution in [2.75, 3.05) is 13.1 Å². The fourth-order valence-corrected chi connectivity index (χ4v) is 2.22. The minimum atomic E-state index is -1.05. The minimum absolute atomic E-state index is 0.220. The van der Waals surface area contributed by atoms with Gasteiger partial charge in [0.1, 0.15) is 5.75 Å². The Morgan fingerprint density at radius 2 is 2.30 bits per heavy atom. The number of β-amino-alcohol motifs (C(OH)–C–C–N with tert-alkyl or cyclic N) is 1. The highest BCUT2D eigenvalue weighted by atomic mass is 16.5. The van der Waals surface area contributed by atoms with Crippen LogP contribution in [-0.4, -0.2) is 28.3 Å². The van der Waals surface area contributed by atoms with E-state index in [0.717, 1.165) is 17.9 Å². The fraction of sp³-hybridized carbons (Fsp3) is 0.429. The summed E-state index contributed by atoms with van der Waals surface area (Å²) in [5, 5.41) is 17.2. The number of benzene rings is 1. The molecule has 20 heavy (non-hydrogen) atoms. The van der Waals surface area contributed by atoms with Gasteiger partial charge in [-0.2, -0.15) is 4.98 Å². The van der Waals surface area contributed by atoms with E-state index in [9.17, 15) is 5.11 Å². The molecule has 106 valence electrons. The second-order valence-corrected chi connectivity index (χ2v) is 5.03. The third-order valence-corrected chi connectivity index (χ3v) is 3.45. The summed E-state index contributed by atoms with van der Waals surface area (Å²) < 4.78 is 10.8. The van der Waals surface area contributed by atoms with Gasteiger partial charge in [0.05, 0.1) is 0 Å². The van der Waals surface area contributed by atoms with E-state index in [0.29, 0.717) is 18.8 Å². The molecule has 1 aliphatic heterocycles. The van der Waals surface area contributed by atoms with Crippen molar-refractivity contribution >= 4 is 0 Å². The van der Waals surface area contributed by atoms with Crippen LogP contribution in [0.3, 0.4) is 0 Å². The van der Waals surface area contributed by atoms with Gasteiger partial charge in [0.15, 0.2) is 12.2 Å². The van der Waals surface area contributed by atoms with Crippen LogP contribution < -0.4 is 10.1 Å². The van der Waals surface area contributed by atoms with Crippen LogP contribution in [0.1, 0.15) is 23.7 Å². The number of hydrogen-bond acceptors (Lipinski definition) is 6. The molecule has 1 aliphatic rings. The van der Waals surface area contributed by atoms with E-state index in [4.69, 9.17) is 9.26 Å². The highest BCUT2D eigenvalue weighted by Gasteiger charge is 2.38. The lowest BCUT2D eigenvalue weighted by molar-refractivity contribution is 0.0243. The van der Waals surface area contributed by atoms with Crippen LogP contribution >= 0.6 is 0 Å².